The Bertz CT molecular complexity index is 1260. The lowest BCUT2D eigenvalue weighted by Gasteiger charge is -2.46. The molecule has 0 unspecified atom stereocenters. The summed E-state index contributed by atoms with van der Waals surface area (Å²) in [5.74, 6) is -2.64. The van der Waals surface area contributed by atoms with Gasteiger partial charge in [0.15, 0.2) is 5.60 Å². The molecule has 0 radical (unpaired) electrons. The van der Waals surface area contributed by atoms with E-state index >= 15 is 0 Å². The van der Waals surface area contributed by atoms with Crippen LogP contribution in [0.1, 0.15) is 42.9 Å². The predicted octanol–water partition coefficient (Wildman–Crippen LogP) is 5.37. The number of hydrogen-bond acceptors (Lipinski definition) is 4. The topological polar surface area (TPSA) is 85.4 Å². The standard InChI is InChI=1S/C22H19ClF4N2O3/c1-2-10-9-21(32,22(25,26)27)20(12-8-13(24)18(23)19(31)17(10)12)29-15-5-3-4-14-11(15)6-7-16(30)28-14/h3-8,10,20,29,31-32H,2,9H2,1H3,(H,28,30)/t10-,20+,21-/m1/s1. The number of pyridine rings is 1. The number of aromatic amines is 1. The normalized spacial score (nSPS) is 23.2. The Morgan fingerprint density at radius 2 is 2.00 bits per heavy atom. The highest BCUT2D eigenvalue weighted by atomic mass is 35.5. The van der Waals surface area contributed by atoms with Crippen LogP contribution in [0.4, 0.5) is 23.2 Å². The van der Waals surface area contributed by atoms with Crippen LogP contribution in [0.3, 0.4) is 0 Å². The molecule has 3 aromatic rings. The number of phenols is 1. The molecular weight excluding hydrogens is 452 g/mol. The molecular formula is C22H19ClF4N2O3. The lowest BCUT2D eigenvalue weighted by Crippen LogP contribution is -2.55. The first-order valence-corrected chi connectivity index (χ1v) is 10.2. The number of benzene rings is 2. The minimum atomic E-state index is -5.07. The second kappa shape index (κ2) is 7.67. The summed E-state index contributed by atoms with van der Waals surface area (Å²) in [7, 11) is 0. The molecule has 0 fully saturated rings. The smallest absolute Gasteiger partial charge is 0.419 e. The number of aliphatic hydroxyl groups is 1. The molecule has 5 nitrogen and oxygen atoms in total. The van der Waals surface area contributed by atoms with Crippen LogP contribution >= 0.6 is 11.6 Å². The summed E-state index contributed by atoms with van der Waals surface area (Å²) in [4.78, 5) is 14.2. The number of nitrogens with one attached hydrogen (secondary N) is 2. The molecule has 0 bridgehead atoms. The lowest BCUT2D eigenvalue weighted by atomic mass is 9.69. The first-order valence-electron chi connectivity index (χ1n) is 9.86. The van der Waals surface area contributed by atoms with Gasteiger partial charge in [-0.05, 0) is 48.6 Å². The summed E-state index contributed by atoms with van der Waals surface area (Å²) in [6.07, 6.45) is -5.67. The summed E-state index contributed by atoms with van der Waals surface area (Å²) < 4.78 is 57.1. The number of anilines is 1. The van der Waals surface area contributed by atoms with E-state index in [0.29, 0.717) is 10.9 Å². The van der Waals surface area contributed by atoms with E-state index in [1.165, 1.54) is 24.3 Å². The van der Waals surface area contributed by atoms with Crippen molar-refractivity contribution in [1.82, 2.24) is 4.98 Å². The third-order valence-electron chi connectivity index (χ3n) is 6.07. The van der Waals surface area contributed by atoms with Crippen molar-refractivity contribution >= 4 is 28.2 Å². The Hall–Kier alpha value is -2.78. The van der Waals surface area contributed by atoms with Crippen LogP contribution in [-0.2, 0) is 0 Å². The summed E-state index contributed by atoms with van der Waals surface area (Å²) in [6, 6.07) is 6.20. The zero-order valence-electron chi connectivity index (χ0n) is 16.7. The van der Waals surface area contributed by atoms with Crippen molar-refractivity contribution in [3.8, 4) is 5.75 Å². The number of aromatic hydroxyl groups is 1. The second-order valence-corrected chi connectivity index (χ2v) is 8.30. The van der Waals surface area contributed by atoms with Gasteiger partial charge < -0.3 is 20.5 Å². The predicted molar refractivity (Wildman–Crippen MR) is 113 cm³/mol. The number of H-pyrrole nitrogens is 1. The molecule has 0 spiro atoms. The van der Waals surface area contributed by atoms with Crippen molar-refractivity contribution in [2.24, 2.45) is 0 Å². The first-order chi connectivity index (χ1) is 15.0. The molecule has 1 aromatic heterocycles. The quantitative estimate of drug-likeness (QED) is 0.388. The van der Waals surface area contributed by atoms with Gasteiger partial charge in [-0.1, -0.05) is 24.6 Å². The molecule has 32 heavy (non-hydrogen) atoms. The molecule has 1 heterocycles. The third-order valence-corrected chi connectivity index (χ3v) is 6.43. The van der Waals surface area contributed by atoms with Gasteiger partial charge in [-0.25, -0.2) is 4.39 Å². The number of alkyl halides is 3. The van der Waals surface area contributed by atoms with Crippen LogP contribution in [0.25, 0.3) is 10.9 Å². The van der Waals surface area contributed by atoms with Crippen LogP contribution in [0.15, 0.2) is 41.2 Å². The number of phenolic OH excluding ortho intramolecular Hbond substituents is 1. The van der Waals surface area contributed by atoms with E-state index in [0.717, 1.165) is 6.07 Å². The highest BCUT2D eigenvalue weighted by Gasteiger charge is 2.62. The van der Waals surface area contributed by atoms with Crippen LogP contribution in [0.2, 0.25) is 5.02 Å². The Morgan fingerprint density at radius 3 is 2.66 bits per heavy atom. The minimum absolute atomic E-state index is 0.0685. The largest absolute Gasteiger partial charge is 0.506 e. The molecule has 10 heteroatoms. The van der Waals surface area contributed by atoms with Crippen molar-refractivity contribution in [2.45, 2.75) is 43.5 Å². The molecule has 170 valence electrons. The molecule has 4 N–H and O–H groups in total. The highest BCUT2D eigenvalue weighted by molar-refractivity contribution is 6.32. The van der Waals surface area contributed by atoms with E-state index in [2.05, 4.69) is 10.3 Å². The summed E-state index contributed by atoms with van der Waals surface area (Å²) in [5.41, 5.74) is -3.27. The average molecular weight is 471 g/mol. The SMILES string of the molecule is CC[C@@H]1C[C@](O)(C(F)(F)F)[C@@H](Nc2cccc3[nH]c(=O)ccc23)c2cc(F)c(Cl)c(O)c21. The van der Waals surface area contributed by atoms with E-state index in [-0.39, 0.29) is 23.2 Å². The molecule has 0 saturated carbocycles. The average Bonchev–Trinajstić information content (AvgIpc) is 2.72. The van der Waals surface area contributed by atoms with Gasteiger partial charge in [-0.2, -0.15) is 13.2 Å². The Labute approximate surface area is 184 Å². The molecule has 0 amide bonds. The second-order valence-electron chi connectivity index (χ2n) is 7.92. The molecule has 0 aliphatic heterocycles. The lowest BCUT2D eigenvalue weighted by molar-refractivity contribution is -0.272. The molecule has 0 saturated heterocycles. The summed E-state index contributed by atoms with van der Waals surface area (Å²) >= 11 is 5.83. The van der Waals surface area contributed by atoms with Crippen LogP contribution in [-0.4, -0.2) is 27.0 Å². The molecule has 4 rings (SSSR count). The van der Waals surface area contributed by atoms with Crippen molar-refractivity contribution in [1.29, 1.82) is 0 Å². The van der Waals surface area contributed by atoms with Crippen LogP contribution < -0.4 is 10.9 Å². The van der Waals surface area contributed by atoms with Gasteiger partial charge in [0, 0.05) is 22.7 Å². The fourth-order valence-corrected chi connectivity index (χ4v) is 4.62. The van der Waals surface area contributed by atoms with E-state index < -0.39 is 52.3 Å². The Kier molecular flexibility index (Phi) is 5.37. The number of fused-ring (bicyclic) bond motifs is 2. The summed E-state index contributed by atoms with van der Waals surface area (Å²) in [6.45, 7) is 1.61. The maximum Gasteiger partial charge on any atom is 0.419 e. The van der Waals surface area contributed by atoms with E-state index in [4.69, 9.17) is 11.6 Å². The molecule has 3 atom stereocenters. The monoisotopic (exact) mass is 470 g/mol. The highest BCUT2D eigenvalue weighted by Crippen LogP contribution is 2.56. The van der Waals surface area contributed by atoms with Gasteiger partial charge in [0.2, 0.25) is 5.56 Å². The zero-order chi connectivity index (χ0) is 23.4. The number of hydrogen-bond donors (Lipinski definition) is 4. The van der Waals surface area contributed by atoms with Crippen molar-refractivity contribution < 1.29 is 27.8 Å². The maximum atomic E-state index is 14.4. The van der Waals surface area contributed by atoms with E-state index in [1.807, 2.05) is 0 Å². The van der Waals surface area contributed by atoms with Crippen molar-refractivity contribution in [2.75, 3.05) is 5.32 Å². The number of aromatic nitrogens is 1. The fraction of sp³-hybridized carbons (Fsp3) is 0.318. The number of rotatable bonds is 3. The van der Waals surface area contributed by atoms with Gasteiger partial charge in [-0.3, -0.25) is 4.79 Å². The van der Waals surface area contributed by atoms with Gasteiger partial charge in [-0.15, -0.1) is 0 Å². The van der Waals surface area contributed by atoms with Gasteiger partial charge in [0.25, 0.3) is 0 Å². The van der Waals surface area contributed by atoms with Crippen LogP contribution in [0.5, 0.6) is 5.75 Å². The van der Waals surface area contributed by atoms with Gasteiger partial charge >= 0.3 is 6.18 Å². The van der Waals surface area contributed by atoms with Gasteiger partial charge in [0.05, 0.1) is 11.6 Å². The Morgan fingerprint density at radius 1 is 1.28 bits per heavy atom. The summed E-state index contributed by atoms with van der Waals surface area (Å²) in [5, 5.41) is 24.0. The van der Waals surface area contributed by atoms with E-state index in [1.54, 1.807) is 13.0 Å². The third kappa shape index (κ3) is 3.40. The van der Waals surface area contributed by atoms with E-state index in [9.17, 15) is 32.6 Å². The van der Waals surface area contributed by atoms with Crippen LogP contribution in [0, 0.1) is 5.82 Å². The molecule has 1 aliphatic carbocycles. The van der Waals surface area contributed by atoms with Crippen molar-refractivity contribution in [3.05, 3.63) is 68.7 Å². The van der Waals surface area contributed by atoms with Gasteiger partial charge in [0.1, 0.15) is 16.6 Å². The number of halogens is 5. The molecule has 1 aliphatic rings. The molecule has 2 aromatic carbocycles. The first kappa shape index (κ1) is 22.4. The Balaban J connectivity index is 1.97. The minimum Gasteiger partial charge on any atom is -0.506 e. The van der Waals surface area contributed by atoms with Crippen molar-refractivity contribution in [3.63, 3.8) is 0 Å². The fourth-order valence-electron chi connectivity index (χ4n) is 4.46. The zero-order valence-corrected chi connectivity index (χ0v) is 17.5. The maximum absolute atomic E-state index is 14.4.